The Kier molecular flexibility index (Phi) is 5.26. The van der Waals surface area contributed by atoms with E-state index in [0.717, 1.165) is 12.2 Å². The fourth-order valence-corrected chi connectivity index (χ4v) is 3.49. The summed E-state index contributed by atoms with van der Waals surface area (Å²) in [5.41, 5.74) is 1.27. The largest absolute Gasteiger partial charge is 0.287 e. The molecule has 0 radical (unpaired) electrons. The van der Waals surface area contributed by atoms with E-state index in [-0.39, 0.29) is 5.91 Å². The van der Waals surface area contributed by atoms with Crippen molar-refractivity contribution in [2.45, 2.75) is 6.42 Å². The quantitative estimate of drug-likeness (QED) is 0.727. The molecule has 3 rings (SSSR count). The van der Waals surface area contributed by atoms with Crippen LogP contribution in [0.5, 0.6) is 0 Å². The van der Waals surface area contributed by atoms with Crippen LogP contribution in [-0.4, -0.2) is 28.3 Å². The summed E-state index contributed by atoms with van der Waals surface area (Å²) < 4.78 is 0. The maximum atomic E-state index is 12.8. The normalized spacial score (nSPS) is 16.6. The van der Waals surface area contributed by atoms with Gasteiger partial charge in [-0.25, -0.2) is 4.99 Å². The SMILES string of the molecule is O=C(c1ccc(Cl)cc1)N1CCCSC1=Nc1ccccc1Cl. The molecule has 118 valence electrons. The Hall–Kier alpha value is -1.49. The molecule has 0 spiro atoms. The highest BCUT2D eigenvalue weighted by Gasteiger charge is 2.25. The van der Waals surface area contributed by atoms with Crippen LogP contribution in [0.15, 0.2) is 53.5 Å². The van der Waals surface area contributed by atoms with Gasteiger partial charge in [0.25, 0.3) is 5.91 Å². The van der Waals surface area contributed by atoms with E-state index in [9.17, 15) is 4.79 Å². The van der Waals surface area contributed by atoms with E-state index in [1.54, 1.807) is 47.0 Å². The van der Waals surface area contributed by atoms with Crippen LogP contribution in [0.1, 0.15) is 16.8 Å². The average Bonchev–Trinajstić information content (AvgIpc) is 2.57. The highest BCUT2D eigenvalue weighted by Crippen LogP contribution is 2.28. The summed E-state index contributed by atoms with van der Waals surface area (Å²) in [6.45, 7) is 0.651. The Balaban J connectivity index is 1.91. The van der Waals surface area contributed by atoms with E-state index in [1.807, 2.05) is 18.2 Å². The Morgan fingerprint density at radius 3 is 2.57 bits per heavy atom. The first kappa shape index (κ1) is 16.4. The first-order chi connectivity index (χ1) is 11.1. The molecule has 0 unspecified atom stereocenters. The van der Waals surface area contributed by atoms with Crippen molar-refractivity contribution < 1.29 is 4.79 Å². The zero-order valence-electron chi connectivity index (χ0n) is 12.2. The molecule has 0 N–H and O–H groups in total. The first-order valence-corrected chi connectivity index (χ1v) is 8.93. The second kappa shape index (κ2) is 7.39. The van der Waals surface area contributed by atoms with Crippen LogP contribution in [0.25, 0.3) is 0 Å². The van der Waals surface area contributed by atoms with Gasteiger partial charge in [-0.05, 0) is 42.8 Å². The molecule has 1 fully saturated rings. The highest BCUT2D eigenvalue weighted by molar-refractivity contribution is 8.13. The number of aliphatic imine (C=N–C) groups is 1. The number of amidine groups is 1. The predicted octanol–water partition coefficient (Wildman–Crippen LogP) is 5.26. The van der Waals surface area contributed by atoms with Gasteiger partial charge in [0.15, 0.2) is 5.17 Å². The molecular weight excluding hydrogens is 351 g/mol. The Morgan fingerprint density at radius 1 is 1.09 bits per heavy atom. The molecule has 23 heavy (non-hydrogen) atoms. The predicted molar refractivity (Wildman–Crippen MR) is 98.1 cm³/mol. The van der Waals surface area contributed by atoms with Crippen molar-refractivity contribution in [2.75, 3.05) is 12.3 Å². The summed E-state index contributed by atoms with van der Waals surface area (Å²) in [5.74, 6) is 0.868. The van der Waals surface area contributed by atoms with Crippen LogP contribution < -0.4 is 0 Å². The smallest absolute Gasteiger partial charge is 0.259 e. The third-order valence-corrected chi connectivity index (χ3v) is 5.03. The van der Waals surface area contributed by atoms with Gasteiger partial charge in [-0.3, -0.25) is 9.69 Å². The fourth-order valence-electron chi connectivity index (χ4n) is 2.23. The molecule has 1 amide bonds. The second-order valence-corrected chi connectivity index (χ2v) is 6.92. The zero-order valence-corrected chi connectivity index (χ0v) is 14.5. The number of rotatable bonds is 2. The molecule has 6 heteroatoms. The van der Waals surface area contributed by atoms with Gasteiger partial charge in [0, 0.05) is 22.9 Å². The Bertz CT molecular complexity index is 747. The van der Waals surface area contributed by atoms with Gasteiger partial charge in [-0.15, -0.1) is 0 Å². The van der Waals surface area contributed by atoms with Crippen LogP contribution in [0.4, 0.5) is 5.69 Å². The minimum Gasteiger partial charge on any atom is -0.287 e. The number of benzene rings is 2. The van der Waals surface area contributed by atoms with Gasteiger partial charge in [0.05, 0.1) is 10.7 Å². The van der Waals surface area contributed by atoms with E-state index in [4.69, 9.17) is 23.2 Å². The third-order valence-electron chi connectivity index (χ3n) is 3.39. The van der Waals surface area contributed by atoms with E-state index in [1.165, 1.54) is 0 Å². The lowest BCUT2D eigenvalue weighted by atomic mass is 10.2. The van der Waals surface area contributed by atoms with E-state index in [0.29, 0.717) is 33.0 Å². The minimum atomic E-state index is -0.0697. The van der Waals surface area contributed by atoms with Gasteiger partial charge in [-0.1, -0.05) is 47.1 Å². The molecule has 1 heterocycles. The fraction of sp³-hybridized carbons (Fsp3) is 0.176. The summed E-state index contributed by atoms with van der Waals surface area (Å²) in [6, 6.07) is 14.3. The van der Waals surface area contributed by atoms with Crippen LogP contribution in [-0.2, 0) is 0 Å². The summed E-state index contributed by atoms with van der Waals surface area (Å²) >= 11 is 13.6. The van der Waals surface area contributed by atoms with Crippen LogP contribution >= 0.6 is 35.0 Å². The van der Waals surface area contributed by atoms with Gasteiger partial charge < -0.3 is 0 Å². The molecular formula is C17H14Cl2N2OS. The number of nitrogens with zero attached hydrogens (tertiary/aromatic N) is 2. The summed E-state index contributed by atoms with van der Waals surface area (Å²) in [4.78, 5) is 19.1. The number of hydrogen-bond donors (Lipinski definition) is 0. The van der Waals surface area contributed by atoms with E-state index in [2.05, 4.69) is 4.99 Å². The molecule has 0 saturated carbocycles. The number of carbonyl (C=O) groups excluding carboxylic acids is 1. The minimum absolute atomic E-state index is 0.0697. The molecule has 1 saturated heterocycles. The van der Waals surface area contributed by atoms with Gasteiger partial charge >= 0.3 is 0 Å². The molecule has 0 aliphatic carbocycles. The number of carbonyl (C=O) groups is 1. The van der Waals surface area contributed by atoms with Crippen molar-refractivity contribution in [1.82, 2.24) is 4.90 Å². The molecule has 1 aliphatic rings. The van der Waals surface area contributed by atoms with Crippen LogP contribution in [0.3, 0.4) is 0 Å². The van der Waals surface area contributed by atoms with Crippen LogP contribution in [0.2, 0.25) is 10.0 Å². The number of halogens is 2. The lowest BCUT2D eigenvalue weighted by Gasteiger charge is -2.28. The Morgan fingerprint density at radius 2 is 1.83 bits per heavy atom. The standard InChI is InChI=1S/C17H14Cl2N2OS/c18-13-8-6-12(7-9-13)16(22)21-10-3-11-23-17(21)20-15-5-2-1-4-14(15)19/h1-2,4-9H,3,10-11H2. The van der Waals surface area contributed by atoms with E-state index >= 15 is 0 Å². The maximum Gasteiger partial charge on any atom is 0.259 e. The highest BCUT2D eigenvalue weighted by atomic mass is 35.5. The number of amides is 1. The topological polar surface area (TPSA) is 32.7 Å². The summed E-state index contributed by atoms with van der Waals surface area (Å²) in [5, 5.41) is 1.87. The van der Waals surface area contributed by atoms with Crippen molar-refractivity contribution in [3.63, 3.8) is 0 Å². The molecule has 2 aromatic carbocycles. The number of hydrogen-bond acceptors (Lipinski definition) is 3. The van der Waals surface area contributed by atoms with Gasteiger partial charge in [0.1, 0.15) is 0 Å². The molecule has 2 aromatic rings. The zero-order chi connectivity index (χ0) is 16.2. The summed E-state index contributed by atoms with van der Waals surface area (Å²) in [6.07, 6.45) is 0.936. The molecule has 0 aromatic heterocycles. The van der Waals surface area contributed by atoms with E-state index < -0.39 is 0 Å². The monoisotopic (exact) mass is 364 g/mol. The molecule has 3 nitrogen and oxygen atoms in total. The van der Waals surface area contributed by atoms with Crippen molar-refractivity contribution in [3.05, 3.63) is 64.1 Å². The van der Waals surface area contributed by atoms with Gasteiger partial charge in [0.2, 0.25) is 0 Å². The number of para-hydroxylation sites is 1. The summed E-state index contributed by atoms with van der Waals surface area (Å²) in [7, 11) is 0. The van der Waals surface area contributed by atoms with Crippen molar-refractivity contribution in [2.24, 2.45) is 4.99 Å². The van der Waals surface area contributed by atoms with Crippen molar-refractivity contribution in [1.29, 1.82) is 0 Å². The van der Waals surface area contributed by atoms with Crippen molar-refractivity contribution in [3.8, 4) is 0 Å². The maximum absolute atomic E-state index is 12.8. The molecule has 0 atom stereocenters. The number of thioether (sulfide) groups is 1. The van der Waals surface area contributed by atoms with Crippen LogP contribution in [0, 0.1) is 0 Å². The Labute approximate surface area is 149 Å². The third kappa shape index (κ3) is 3.89. The van der Waals surface area contributed by atoms with Gasteiger partial charge in [-0.2, -0.15) is 0 Å². The molecule has 1 aliphatic heterocycles. The second-order valence-electron chi connectivity index (χ2n) is 5.01. The average molecular weight is 365 g/mol. The lowest BCUT2D eigenvalue weighted by Crippen LogP contribution is -2.39. The first-order valence-electron chi connectivity index (χ1n) is 7.18. The lowest BCUT2D eigenvalue weighted by molar-refractivity contribution is 0.0849. The molecule has 0 bridgehead atoms. The van der Waals surface area contributed by atoms with Crippen molar-refractivity contribution >= 4 is 51.7 Å².